The first kappa shape index (κ1) is 13.2. The van der Waals surface area contributed by atoms with Crippen LogP contribution < -0.4 is 5.32 Å². The lowest BCUT2D eigenvalue weighted by atomic mass is 9.68. The second kappa shape index (κ2) is 6.56. The largest absolute Gasteiger partial charge is 0.317 e. The molecular weight excluding hydrogens is 230 g/mol. The quantitative estimate of drug-likeness (QED) is 0.849. The minimum atomic E-state index is 0.823. The Morgan fingerprint density at radius 1 is 0.789 bits per heavy atom. The summed E-state index contributed by atoms with van der Waals surface area (Å²) in [6.07, 6.45) is 10.0. The van der Waals surface area contributed by atoms with Crippen molar-refractivity contribution in [2.24, 2.45) is 11.8 Å². The third-order valence-corrected chi connectivity index (χ3v) is 5.23. The number of nitrogens with one attached hydrogen (secondary N) is 1. The average Bonchev–Trinajstić information content (AvgIpc) is 2.51. The molecule has 1 unspecified atom stereocenters. The van der Waals surface area contributed by atoms with Crippen LogP contribution in [-0.4, -0.2) is 13.1 Å². The van der Waals surface area contributed by atoms with Gasteiger partial charge in [-0.1, -0.05) is 49.6 Å². The molecule has 19 heavy (non-hydrogen) atoms. The second-order valence-corrected chi connectivity index (χ2v) is 6.42. The molecule has 104 valence electrons. The molecule has 1 aliphatic heterocycles. The van der Waals surface area contributed by atoms with E-state index >= 15 is 0 Å². The van der Waals surface area contributed by atoms with Crippen LogP contribution in [0.3, 0.4) is 0 Å². The van der Waals surface area contributed by atoms with Gasteiger partial charge in [0.05, 0.1) is 0 Å². The zero-order valence-corrected chi connectivity index (χ0v) is 12.0. The molecule has 0 spiro atoms. The van der Waals surface area contributed by atoms with Crippen LogP contribution in [0, 0.1) is 11.8 Å². The standard InChI is InChI=1S/C18H27N/c1-3-7-15(8-4-1)18(16-9-5-2-6-10-16)17-11-13-19-14-12-17/h1,3-4,7-8,16-19H,2,5-6,9-14H2. The number of piperidine rings is 1. The van der Waals surface area contributed by atoms with Crippen LogP contribution in [0.5, 0.6) is 0 Å². The van der Waals surface area contributed by atoms with Crippen molar-refractivity contribution in [3.63, 3.8) is 0 Å². The van der Waals surface area contributed by atoms with E-state index in [-0.39, 0.29) is 0 Å². The molecule has 1 saturated heterocycles. The maximum atomic E-state index is 3.52. The van der Waals surface area contributed by atoms with E-state index in [1.165, 1.54) is 58.0 Å². The van der Waals surface area contributed by atoms with Gasteiger partial charge in [0, 0.05) is 0 Å². The maximum Gasteiger partial charge on any atom is -0.00460 e. The summed E-state index contributed by atoms with van der Waals surface area (Å²) >= 11 is 0. The molecule has 0 aromatic heterocycles. The minimum Gasteiger partial charge on any atom is -0.317 e. The van der Waals surface area contributed by atoms with Gasteiger partial charge >= 0.3 is 0 Å². The fourth-order valence-electron chi connectivity index (χ4n) is 4.30. The Labute approximate surface area is 117 Å². The smallest absolute Gasteiger partial charge is 0.00460 e. The Bertz CT molecular complexity index is 343. The van der Waals surface area contributed by atoms with Crippen molar-refractivity contribution >= 4 is 0 Å². The van der Waals surface area contributed by atoms with E-state index in [4.69, 9.17) is 0 Å². The fraction of sp³-hybridized carbons (Fsp3) is 0.667. The normalized spacial score (nSPS) is 24.2. The van der Waals surface area contributed by atoms with Gasteiger partial charge in [-0.15, -0.1) is 0 Å². The molecule has 3 rings (SSSR count). The lowest BCUT2D eigenvalue weighted by Crippen LogP contribution is -2.34. The van der Waals surface area contributed by atoms with Crippen molar-refractivity contribution in [1.82, 2.24) is 5.32 Å². The Morgan fingerprint density at radius 3 is 2.11 bits per heavy atom. The van der Waals surface area contributed by atoms with E-state index < -0.39 is 0 Å². The van der Waals surface area contributed by atoms with Crippen molar-refractivity contribution in [3.05, 3.63) is 35.9 Å². The monoisotopic (exact) mass is 257 g/mol. The van der Waals surface area contributed by atoms with Gasteiger partial charge in [-0.3, -0.25) is 0 Å². The number of rotatable bonds is 3. The van der Waals surface area contributed by atoms with Crippen LogP contribution in [0.25, 0.3) is 0 Å². The van der Waals surface area contributed by atoms with Crippen LogP contribution in [0.1, 0.15) is 56.4 Å². The molecular formula is C18H27N. The highest BCUT2D eigenvalue weighted by molar-refractivity contribution is 5.21. The predicted molar refractivity (Wildman–Crippen MR) is 81.4 cm³/mol. The Kier molecular flexibility index (Phi) is 4.55. The first-order chi connectivity index (χ1) is 9.45. The number of hydrogen-bond acceptors (Lipinski definition) is 1. The van der Waals surface area contributed by atoms with Crippen LogP contribution in [0.15, 0.2) is 30.3 Å². The molecule has 1 aliphatic carbocycles. The zero-order chi connectivity index (χ0) is 12.9. The van der Waals surface area contributed by atoms with Gasteiger partial charge in [-0.05, 0) is 62.1 Å². The third kappa shape index (κ3) is 3.20. The van der Waals surface area contributed by atoms with E-state index in [1.54, 1.807) is 5.56 Å². The molecule has 0 amide bonds. The molecule has 0 radical (unpaired) electrons. The van der Waals surface area contributed by atoms with Crippen molar-refractivity contribution < 1.29 is 0 Å². The number of benzene rings is 1. The van der Waals surface area contributed by atoms with E-state index in [2.05, 4.69) is 35.6 Å². The summed E-state index contributed by atoms with van der Waals surface area (Å²) in [6, 6.07) is 11.4. The number of hydrogen-bond donors (Lipinski definition) is 1. The summed E-state index contributed by atoms with van der Waals surface area (Å²) in [5.41, 5.74) is 1.61. The molecule has 0 bridgehead atoms. The molecule has 1 aromatic rings. The summed E-state index contributed by atoms with van der Waals surface area (Å²) in [7, 11) is 0. The van der Waals surface area contributed by atoms with Gasteiger partial charge in [0.15, 0.2) is 0 Å². The first-order valence-electron chi connectivity index (χ1n) is 8.21. The van der Waals surface area contributed by atoms with Gasteiger partial charge in [0.25, 0.3) is 0 Å². The van der Waals surface area contributed by atoms with Crippen molar-refractivity contribution in [3.8, 4) is 0 Å². The molecule has 2 fully saturated rings. The first-order valence-corrected chi connectivity index (χ1v) is 8.21. The summed E-state index contributed by atoms with van der Waals surface area (Å²) < 4.78 is 0. The highest BCUT2D eigenvalue weighted by Crippen LogP contribution is 2.43. The zero-order valence-electron chi connectivity index (χ0n) is 12.0. The molecule has 1 heteroatoms. The molecule has 1 N–H and O–H groups in total. The molecule has 1 atom stereocenters. The van der Waals surface area contributed by atoms with Gasteiger partial charge in [-0.25, -0.2) is 0 Å². The van der Waals surface area contributed by atoms with Crippen molar-refractivity contribution in [1.29, 1.82) is 0 Å². The Morgan fingerprint density at radius 2 is 1.42 bits per heavy atom. The third-order valence-electron chi connectivity index (χ3n) is 5.23. The second-order valence-electron chi connectivity index (χ2n) is 6.42. The van der Waals surface area contributed by atoms with Crippen LogP contribution in [0.4, 0.5) is 0 Å². The van der Waals surface area contributed by atoms with E-state index in [1.807, 2.05) is 0 Å². The lowest BCUT2D eigenvalue weighted by Gasteiger charge is -2.38. The average molecular weight is 257 g/mol. The molecule has 1 saturated carbocycles. The molecule has 1 heterocycles. The SMILES string of the molecule is c1ccc(C(C2CCCCC2)C2CCNCC2)cc1. The summed E-state index contributed by atoms with van der Waals surface area (Å²) in [5.74, 6) is 2.68. The summed E-state index contributed by atoms with van der Waals surface area (Å²) in [5, 5.41) is 3.52. The predicted octanol–water partition coefficient (Wildman–Crippen LogP) is 4.35. The van der Waals surface area contributed by atoms with Crippen LogP contribution in [0.2, 0.25) is 0 Å². The van der Waals surface area contributed by atoms with E-state index in [0.717, 1.165) is 17.8 Å². The topological polar surface area (TPSA) is 12.0 Å². The fourth-order valence-corrected chi connectivity index (χ4v) is 4.30. The van der Waals surface area contributed by atoms with E-state index in [0.29, 0.717) is 0 Å². The summed E-state index contributed by atoms with van der Waals surface area (Å²) in [4.78, 5) is 0. The van der Waals surface area contributed by atoms with Gasteiger partial charge in [0.2, 0.25) is 0 Å². The molecule has 1 aromatic carbocycles. The van der Waals surface area contributed by atoms with Gasteiger partial charge < -0.3 is 5.32 Å². The van der Waals surface area contributed by atoms with E-state index in [9.17, 15) is 0 Å². The van der Waals surface area contributed by atoms with Crippen molar-refractivity contribution in [2.45, 2.75) is 50.9 Å². The molecule has 1 nitrogen and oxygen atoms in total. The minimum absolute atomic E-state index is 0.823. The summed E-state index contributed by atoms with van der Waals surface area (Å²) in [6.45, 7) is 2.45. The Balaban J connectivity index is 1.81. The highest BCUT2D eigenvalue weighted by atomic mass is 14.9. The highest BCUT2D eigenvalue weighted by Gasteiger charge is 2.32. The van der Waals surface area contributed by atoms with Gasteiger partial charge in [-0.2, -0.15) is 0 Å². The lowest BCUT2D eigenvalue weighted by molar-refractivity contribution is 0.209. The Hall–Kier alpha value is -0.820. The molecule has 2 aliphatic rings. The van der Waals surface area contributed by atoms with Crippen molar-refractivity contribution in [2.75, 3.05) is 13.1 Å². The van der Waals surface area contributed by atoms with Crippen LogP contribution in [-0.2, 0) is 0 Å². The van der Waals surface area contributed by atoms with Gasteiger partial charge in [0.1, 0.15) is 0 Å². The van der Waals surface area contributed by atoms with Crippen LogP contribution >= 0.6 is 0 Å². The maximum absolute atomic E-state index is 3.52.